The smallest absolute Gasteiger partial charge is 0.241 e. The lowest BCUT2D eigenvalue weighted by Crippen LogP contribution is -2.13. The van der Waals surface area contributed by atoms with Gasteiger partial charge in [0.05, 0.1) is 0 Å². The average molecular weight is 229 g/mol. The molecule has 0 unspecified atom stereocenters. The van der Waals surface area contributed by atoms with Crippen LogP contribution in [-0.2, 0) is 21.2 Å². The van der Waals surface area contributed by atoms with Crippen molar-refractivity contribution in [3.8, 4) is 5.75 Å². The van der Waals surface area contributed by atoms with Crippen LogP contribution in [0.5, 0.6) is 5.75 Å². The van der Waals surface area contributed by atoms with E-state index in [2.05, 4.69) is 0 Å². The Hall–Kier alpha value is -1.40. The summed E-state index contributed by atoms with van der Waals surface area (Å²) in [6, 6.07) is 3.88. The van der Waals surface area contributed by atoms with Crippen LogP contribution in [0.15, 0.2) is 23.1 Å². The lowest BCUT2D eigenvalue weighted by Gasteiger charge is -2.04. The van der Waals surface area contributed by atoms with E-state index in [1.165, 1.54) is 25.1 Å². The van der Waals surface area contributed by atoms with Crippen LogP contribution in [0.1, 0.15) is 12.5 Å². The summed E-state index contributed by atoms with van der Waals surface area (Å²) in [7, 11) is -3.95. The third-order valence-electron chi connectivity index (χ3n) is 1.78. The molecule has 0 aliphatic rings. The van der Waals surface area contributed by atoms with E-state index in [9.17, 15) is 18.3 Å². The lowest BCUT2D eigenvalue weighted by atomic mass is 10.1. The molecule has 6 heteroatoms. The van der Waals surface area contributed by atoms with Gasteiger partial charge in [-0.1, -0.05) is 6.07 Å². The molecule has 0 spiro atoms. The summed E-state index contributed by atoms with van der Waals surface area (Å²) in [6.07, 6.45) is 0.114. The molecule has 0 fully saturated rings. The number of sulfonamides is 1. The first-order chi connectivity index (χ1) is 6.80. The minimum Gasteiger partial charge on any atom is -0.507 e. The standard InChI is InChI=1S/C9H11NO4S/c1-6(11)4-7-2-3-8(12)9(5-7)15(10,13)14/h2-3,5,12H,4H2,1H3,(H2,10,13,14). The fraction of sp³-hybridized carbons (Fsp3) is 0.222. The van der Waals surface area contributed by atoms with Gasteiger partial charge >= 0.3 is 0 Å². The van der Waals surface area contributed by atoms with Crippen LogP contribution < -0.4 is 5.14 Å². The van der Waals surface area contributed by atoms with E-state index < -0.39 is 15.8 Å². The van der Waals surface area contributed by atoms with Gasteiger partial charge in [-0.2, -0.15) is 0 Å². The molecule has 0 aliphatic heterocycles. The van der Waals surface area contributed by atoms with Gasteiger partial charge in [0.15, 0.2) is 0 Å². The van der Waals surface area contributed by atoms with Gasteiger partial charge < -0.3 is 5.11 Å². The fourth-order valence-corrected chi connectivity index (χ4v) is 1.86. The van der Waals surface area contributed by atoms with Crippen LogP contribution in [0.25, 0.3) is 0 Å². The van der Waals surface area contributed by atoms with Crippen LogP contribution >= 0.6 is 0 Å². The number of nitrogens with two attached hydrogens (primary N) is 1. The third-order valence-corrected chi connectivity index (χ3v) is 2.72. The summed E-state index contributed by atoms with van der Waals surface area (Å²) in [5, 5.41) is 14.1. The molecule has 15 heavy (non-hydrogen) atoms. The highest BCUT2D eigenvalue weighted by molar-refractivity contribution is 7.89. The Bertz CT molecular complexity index is 493. The van der Waals surface area contributed by atoms with Crippen molar-refractivity contribution in [3.05, 3.63) is 23.8 Å². The highest BCUT2D eigenvalue weighted by atomic mass is 32.2. The summed E-state index contributed by atoms with van der Waals surface area (Å²) >= 11 is 0. The fourth-order valence-electron chi connectivity index (χ4n) is 1.18. The number of carbonyl (C=O) groups is 1. The number of Topliss-reactive ketones (excluding diaryl/α,β-unsaturated/α-hetero) is 1. The minimum atomic E-state index is -3.95. The average Bonchev–Trinajstić information content (AvgIpc) is 2.05. The Labute approximate surface area is 87.6 Å². The van der Waals surface area contributed by atoms with Gasteiger partial charge in [0.25, 0.3) is 0 Å². The molecule has 0 bridgehead atoms. The van der Waals surface area contributed by atoms with Crippen LogP contribution in [0, 0.1) is 0 Å². The van der Waals surface area contributed by atoms with Crippen molar-refractivity contribution < 1.29 is 18.3 Å². The molecule has 0 saturated heterocycles. The van der Waals surface area contributed by atoms with Crippen molar-refractivity contribution in [2.75, 3.05) is 0 Å². The van der Waals surface area contributed by atoms with Crippen molar-refractivity contribution in [3.63, 3.8) is 0 Å². The van der Waals surface area contributed by atoms with Gasteiger partial charge in [0.2, 0.25) is 10.0 Å². The minimum absolute atomic E-state index is 0.0962. The predicted octanol–water partition coefficient (Wildman–Crippen LogP) is 0.171. The largest absolute Gasteiger partial charge is 0.507 e. The second-order valence-corrected chi connectivity index (χ2v) is 4.76. The second kappa shape index (κ2) is 4.00. The zero-order valence-electron chi connectivity index (χ0n) is 8.10. The van der Waals surface area contributed by atoms with E-state index in [-0.39, 0.29) is 17.1 Å². The van der Waals surface area contributed by atoms with Crippen LogP contribution in [-0.4, -0.2) is 19.3 Å². The van der Waals surface area contributed by atoms with E-state index in [0.717, 1.165) is 0 Å². The number of hydrogen-bond donors (Lipinski definition) is 2. The Morgan fingerprint density at radius 1 is 1.47 bits per heavy atom. The summed E-state index contributed by atoms with van der Waals surface area (Å²) < 4.78 is 22.0. The summed E-state index contributed by atoms with van der Waals surface area (Å²) in [5.74, 6) is -0.508. The molecular weight excluding hydrogens is 218 g/mol. The Kier molecular flexibility index (Phi) is 3.11. The van der Waals surface area contributed by atoms with Gasteiger partial charge in [-0.15, -0.1) is 0 Å². The number of phenolic OH excluding ortho intramolecular Hbond substituents is 1. The Morgan fingerprint density at radius 2 is 2.07 bits per heavy atom. The van der Waals surface area contributed by atoms with Crippen molar-refractivity contribution >= 4 is 15.8 Å². The molecule has 0 atom stereocenters. The quantitative estimate of drug-likeness (QED) is 0.772. The molecule has 5 nitrogen and oxygen atoms in total. The van der Waals surface area contributed by atoms with E-state index in [0.29, 0.717) is 5.56 Å². The number of hydrogen-bond acceptors (Lipinski definition) is 4. The molecule has 3 N–H and O–H groups in total. The zero-order chi connectivity index (χ0) is 11.6. The first kappa shape index (κ1) is 11.7. The monoisotopic (exact) mass is 229 g/mol. The molecule has 0 radical (unpaired) electrons. The zero-order valence-corrected chi connectivity index (χ0v) is 8.91. The van der Waals surface area contributed by atoms with Gasteiger partial charge in [-0.3, -0.25) is 4.79 Å². The molecule has 1 aromatic rings. The van der Waals surface area contributed by atoms with Crippen molar-refractivity contribution in [1.82, 2.24) is 0 Å². The van der Waals surface area contributed by atoms with Gasteiger partial charge in [0.1, 0.15) is 16.4 Å². The number of phenols is 1. The SMILES string of the molecule is CC(=O)Cc1ccc(O)c(S(N)(=O)=O)c1. The molecule has 0 aliphatic carbocycles. The number of ketones is 1. The van der Waals surface area contributed by atoms with Gasteiger partial charge in [-0.05, 0) is 24.6 Å². The third kappa shape index (κ3) is 3.03. The maximum Gasteiger partial charge on any atom is 0.241 e. The molecule has 0 aromatic heterocycles. The molecule has 0 heterocycles. The van der Waals surface area contributed by atoms with Crippen LogP contribution in [0.4, 0.5) is 0 Å². The first-order valence-corrected chi connectivity index (χ1v) is 5.69. The van der Waals surface area contributed by atoms with Crippen LogP contribution in [0.3, 0.4) is 0 Å². The van der Waals surface area contributed by atoms with Gasteiger partial charge in [0, 0.05) is 6.42 Å². The molecule has 82 valence electrons. The van der Waals surface area contributed by atoms with E-state index >= 15 is 0 Å². The highest BCUT2D eigenvalue weighted by Gasteiger charge is 2.14. The maximum absolute atomic E-state index is 11.0. The van der Waals surface area contributed by atoms with Crippen LogP contribution in [0.2, 0.25) is 0 Å². The van der Waals surface area contributed by atoms with E-state index in [1.807, 2.05) is 0 Å². The number of primary sulfonamides is 1. The summed E-state index contributed by atoms with van der Waals surface area (Å²) in [4.78, 5) is 10.5. The van der Waals surface area contributed by atoms with Crippen molar-refractivity contribution in [1.29, 1.82) is 0 Å². The molecule has 0 saturated carbocycles. The lowest BCUT2D eigenvalue weighted by molar-refractivity contribution is -0.116. The van der Waals surface area contributed by atoms with Crippen molar-refractivity contribution in [2.24, 2.45) is 5.14 Å². The number of rotatable bonds is 3. The highest BCUT2D eigenvalue weighted by Crippen LogP contribution is 2.22. The second-order valence-electron chi connectivity index (χ2n) is 3.23. The Morgan fingerprint density at radius 3 is 2.53 bits per heavy atom. The normalized spacial score (nSPS) is 11.3. The number of aromatic hydroxyl groups is 1. The van der Waals surface area contributed by atoms with E-state index in [4.69, 9.17) is 5.14 Å². The van der Waals surface area contributed by atoms with Gasteiger partial charge in [-0.25, -0.2) is 13.6 Å². The molecule has 1 rings (SSSR count). The predicted molar refractivity (Wildman–Crippen MR) is 53.9 cm³/mol. The molecular formula is C9H11NO4S. The summed E-state index contributed by atoms with van der Waals surface area (Å²) in [5.41, 5.74) is 0.504. The maximum atomic E-state index is 11.0. The number of benzene rings is 1. The molecule has 1 aromatic carbocycles. The topological polar surface area (TPSA) is 97.5 Å². The first-order valence-electron chi connectivity index (χ1n) is 4.15. The van der Waals surface area contributed by atoms with Crippen molar-refractivity contribution in [2.45, 2.75) is 18.2 Å². The summed E-state index contributed by atoms with van der Waals surface area (Å²) in [6.45, 7) is 1.39. The number of carbonyl (C=O) groups excluding carboxylic acids is 1. The molecule has 0 amide bonds. The Balaban J connectivity index is 3.23. The van der Waals surface area contributed by atoms with E-state index in [1.54, 1.807) is 0 Å².